The second-order valence-electron chi connectivity index (χ2n) is 6.78. The molecule has 2 fully saturated rings. The molecule has 4 nitrogen and oxygen atoms in total. The minimum Gasteiger partial charge on any atom is -0.356 e. The Morgan fingerprint density at radius 3 is 2.62 bits per heavy atom. The molecule has 0 bridgehead atoms. The highest BCUT2D eigenvalue weighted by Gasteiger charge is 2.23. The summed E-state index contributed by atoms with van der Waals surface area (Å²) in [5, 5.41) is 3.56. The molecule has 1 aromatic heterocycles. The van der Waals surface area contributed by atoms with Crippen molar-refractivity contribution in [1.82, 2.24) is 15.2 Å². The van der Waals surface area contributed by atoms with Gasteiger partial charge >= 0.3 is 0 Å². The summed E-state index contributed by atoms with van der Waals surface area (Å²) in [5.74, 6) is 1.15. The highest BCUT2D eigenvalue weighted by molar-refractivity contribution is 5.47. The van der Waals surface area contributed by atoms with Gasteiger partial charge in [-0.2, -0.15) is 0 Å². The number of aryl methyl sites for hydroxylation is 1. The first kappa shape index (κ1) is 14.8. The van der Waals surface area contributed by atoms with E-state index >= 15 is 0 Å². The van der Waals surface area contributed by atoms with Crippen LogP contribution in [-0.4, -0.2) is 49.2 Å². The van der Waals surface area contributed by atoms with E-state index in [1.165, 1.54) is 49.9 Å². The lowest BCUT2D eigenvalue weighted by molar-refractivity contribution is 0.252. The zero-order valence-corrected chi connectivity index (χ0v) is 13.6. The van der Waals surface area contributed by atoms with E-state index in [0.29, 0.717) is 6.04 Å². The Kier molecular flexibility index (Phi) is 4.45. The lowest BCUT2D eigenvalue weighted by Gasteiger charge is -2.36. The predicted molar refractivity (Wildman–Crippen MR) is 87.8 cm³/mol. The molecule has 1 saturated carbocycles. The number of rotatable bonds is 5. The molecule has 0 amide bonds. The minimum absolute atomic E-state index is 0.628. The third-order valence-corrected chi connectivity index (χ3v) is 4.85. The van der Waals surface area contributed by atoms with E-state index in [2.05, 4.69) is 42.2 Å². The monoisotopic (exact) mass is 288 g/mol. The van der Waals surface area contributed by atoms with Crippen LogP contribution >= 0.6 is 0 Å². The Morgan fingerprint density at radius 1 is 1.29 bits per heavy atom. The van der Waals surface area contributed by atoms with Crippen molar-refractivity contribution in [1.29, 1.82) is 0 Å². The SMILES string of the molecule is Cc1cc(CNC2CC2)cnc1N(C)C1CCN(C)CC1. The number of pyridine rings is 1. The van der Waals surface area contributed by atoms with Gasteiger partial charge in [0.15, 0.2) is 0 Å². The molecule has 3 rings (SSSR count). The largest absolute Gasteiger partial charge is 0.356 e. The lowest BCUT2D eigenvalue weighted by Crippen LogP contribution is -2.42. The lowest BCUT2D eigenvalue weighted by atomic mass is 10.0. The molecular weight excluding hydrogens is 260 g/mol. The van der Waals surface area contributed by atoms with E-state index < -0.39 is 0 Å². The van der Waals surface area contributed by atoms with Gasteiger partial charge in [-0.1, -0.05) is 0 Å². The molecule has 1 N–H and O–H groups in total. The molecule has 1 aliphatic carbocycles. The zero-order valence-electron chi connectivity index (χ0n) is 13.6. The Hall–Kier alpha value is -1.13. The number of hydrogen-bond donors (Lipinski definition) is 1. The van der Waals surface area contributed by atoms with Crippen LogP contribution < -0.4 is 10.2 Å². The molecule has 1 aromatic rings. The maximum Gasteiger partial charge on any atom is 0.131 e. The highest BCUT2D eigenvalue weighted by Crippen LogP contribution is 2.24. The molecule has 2 aliphatic rings. The topological polar surface area (TPSA) is 31.4 Å². The van der Waals surface area contributed by atoms with E-state index in [1.807, 2.05) is 6.20 Å². The first-order valence-corrected chi connectivity index (χ1v) is 8.24. The number of likely N-dealkylation sites (tertiary alicyclic amines) is 1. The Labute approximate surface area is 128 Å². The van der Waals surface area contributed by atoms with Crippen molar-refractivity contribution in [3.8, 4) is 0 Å². The van der Waals surface area contributed by atoms with Crippen molar-refractivity contribution in [3.05, 3.63) is 23.4 Å². The van der Waals surface area contributed by atoms with Gasteiger partial charge < -0.3 is 15.1 Å². The number of anilines is 1. The summed E-state index contributed by atoms with van der Waals surface area (Å²) in [6, 6.07) is 3.68. The summed E-state index contributed by atoms with van der Waals surface area (Å²) in [5.41, 5.74) is 2.60. The summed E-state index contributed by atoms with van der Waals surface area (Å²) in [7, 11) is 4.41. The van der Waals surface area contributed by atoms with Crippen LogP contribution in [0.3, 0.4) is 0 Å². The van der Waals surface area contributed by atoms with Crippen LogP contribution in [0.5, 0.6) is 0 Å². The maximum absolute atomic E-state index is 4.74. The van der Waals surface area contributed by atoms with Gasteiger partial charge in [-0.15, -0.1) is 0 Å². The minimum atomic E-state index is 0.628. The molecular formula is C17H28N4. The normalized spacial score (nSPS) is 20.7. The van der Waals surface area contributed by atoms with Gasteiger partial charge in [0, 0.05) is 31.9 Å². The second kappa shape index (κ2) is 6.32. The predicted octanol–water partition coefficient (Wildman–Crippen LogP) is 2.17. The summed E-state index contributed by atoms with van der Waals surface area (Å²) < 4.78 is 0. The van der Waals surface area contributed by atoms with Crippen molar-refractivity contribution < 1.29 is 0 Å². The van der Waals surface area contributed by atoms with E-state index in [0.717, 1.165) is 18.4 Å². The van der Waals surface area contributed by atoms with Gasteiger partial charge in [-0.25, -0.2) is 4.98 Å². The number of piperidine rings is 1. The summed E-state index contributed by atoms with van der Waals surface area (Å²) in [6.45, 7) is 5.53. The summed E-state index contributed by atoms with van der Waals surface area (Å²) in [6.07, 6.45) is 7.19. The molecule has 4 heteroatoms. The second-order valence-corrected chi connectivity index (χ2v) is 6.78. The molecule has 2 heterocycles. The third-order valence-electron chi connectivity index (χ3n) is 4.85. The number of nitrogens with zero attached hydrogens (tertiary/aromatic N) is 3. The van der Waals surface area contributed by atoms with Crippen LogP contribution in [0.4, 0.5) is 5.82 Å². The van der Waals surface area contributed by atoms with E-state index in [4.69, 9.17) is 4.98 Å². The van der Waals surface area contributed by atoms with Gasteiger partial charge in [0.05, 0.1) is 0 Å². The molecule has 0 atom stereocenters. The summed E-state index contributed by atoms with van der Waals surface area (Å²) in [4.78, 5) is 9.55. The standard InChI is InChI=1S/C17H28N4/c1-13-10-14(11-18-15-4-5-15)12-19-17(13)21(3)16-6-8-20(2)9-7-16/h10,12,15-16,18H,4-9,11H2,1-3H3. The van der Waals surface area contributed by atoms with Crippen molar-refractivity contribution in [2.24, 2.45) is 0 Å². The molecule has 0 radical (unpaired) electrons. The van der Waals surface area contributed by atoms with Crippen molar-refractivity contribution >= 4 is 5.82 Å². The van der Waals surface area contributed by atoms with Crippen LogP contribution in [0.15, 0.2) is 12.3 Å². The van der Waals surface area contributed by atoms with Crippen LogP contribution in [0.25, 0.3) is 0 Å². The molecule has 21 heavy (non-hydrogen) atoms. The number of aromatic nitrogens is 1. The van der Waals surface area contributed by atoms with Gasteiger partial charge in [0.1, 0.15) is 5.82 Å². The molecule has 0 aromatic carbocycles. The van der Waals surface area contributed by atoms with Crippen LogP contribution in [0.2, 0.25) is 0 Å². The number of hydrogen-bond acceptors (Lipinski definition) is 4. The number of nitrogens with one attached hydrogen (secondary N) is 1. The fourth-order valence-corrected chi connectivity index (χ4v) is 3.20. The van der Waals surface area contributed by atoms with Crippen LogP contribution in [0.1, 0.15) is 36.8 Å². The smallest absolute Gasteiger partial charge is 0.131 e. The molecule has 116 valence electrons. The average molecular weight is 288 g/mol. The van der Waals surface area contributed by atoms with Crippen molar-refractivity contribution in [3.63, 3.8) is 0 Å². The average Bonchev–Trinajstić information content (AvgIpc) is 3.29. The first-order valence-electron chi connectivity index (χ1n) is 8.24. The quantitative estimate of drug-likeness (QED) is 0.900. The highest BCUT2D eigenvalue weighted by atomic mass is 15.2. The first-order chi connectivity index (χ1) is 10.1. The fourth-order valence-electron chi connectivity index (χ4n) is 3.20. The maximum atomic E-state index is 4.74. The molecule has 0 unspecified atom stereocenters. The molecule has 1 saturated heterocycles. The van der Waals surface area contributed by atoms with Crippen LogP contribution in [0, 0.1) is 6.92 Å². The van der Waals surface area contributed by atoms with E-state index in [1.54, 1.807) is 0 Å². The van der Waals surface area contributed by atoms with Crippen molar-refractivity contribution in [2.45, 2.75) is 51.2 Å². The molecule has 0 spiro atoms. The van der Waals surface area contributed by atoms with Crippen molar-refractivity contribution in [2.75, 3.05) is 32.1 Å². The zero-order chi connectivity index (χ0) is 14.8. The Morgan fingerprint density at radius 2 is 2.00 bits per heavy atom. The Balaban J connectivity index is 1.63. The van der Waals surface area contributed by atoms with Gasteiger partial charge in [-0.3, -0.25) is 0 Å². The summed E-state index contributed by atoms with van der Waals surface area (Å²) >= 11 is 0. The van der Waals surface area contributed by atoms with E-state index in [9.17, 15) is 0 Å². The van der Waals surface area contributed by atoms with E-state index in [-0.39, 0.29) is 0 Å². The third kappa shape index (κ3) is 3.74. The Bertz CT molecular complexity index is 476. The van der Waals surface area contributed by atoms with Crippen LogP contribution in [-0.2, 0) is 6.54 Å². The van der Waals surface area contributed by atoms with Gasteiger partial charge in [0.2, 0.25) is 0 Å². The van der Waals surface area contributed by atoms with Gasteiger partial charge in [-0.05, 0) is 69.9 Å². The fraction of sp³-hybridized carbons (Fsp3) is 0.706. The molecule has 1 aliphatic heterocycles. The van der Waals surface area contributed by atoms with Gasteiger partial charge in [0.25, 0.3) is 0 Å².